The molecule has 2 N–H and O–H groups in total. The number of carbonyl (C=O) groups is 2. The van der Waals surface area contributed by atoms with Crippen LogP contribution in [-0.2, 0) is 9.59 Å². The SMILES string of the molecule is Cc1ccc(NC(=O)CC2S/C(=N/N=C\c3ccc(N(C)C)cc3)NC2=O)cc1. The van der Waals surface area contributed by atoms with Gasteiger partial charge in [0.15, 0.2) is 5.17 Å². The first kappa shape index (κ1) is 20.6. The quantitative estimate of drug-likeness (QED) is 0.567. The van der Waals surface area contributed by atoms with Crippen LogP contribution in [0.1, 0.15) is 17.5 Å². The van der Waals surface area contributed by atoms with Crippen LogP contribution in [0.5, 0.6) is 0 Å². The van der Waals surface area contributed by atoms with Crippen molar-refractivity contribution in [1.82, 2.24) is 5.32 Å². The summed E-state index contributed by atoms with van der Waals surface area (Å²) in [4.78, 5) is 26.3. The molecule has 29 heavy (non-hydrogen) atoms. The number of amidine groups is 1. The van der Waals surface area contributed by atoms with Crippen LogP contribution in [-0.4, -0.2) is 42.5 Å². The Labute approximate surface area is 174 Å². The van der Waals surface area contributed by atoms with E-state index in [1.807, 2.05) is 74.4 Å². The molecule has 2 amide bonds. The Bertz CT molecular complexity index is 937. The molecule has 1 heterocycles. The zero-order chi connectivity index (χ0) is 20.8. The third-order valence-electron chi connectivity index (χ3n) is 4.25. The number of anilines is 2. The summed E-state index contributed by atoms with van der Waals surface area (Å²) >= 11 is 1.21. The van der Waals surface area contributed by atoms with Gasteiger partial charge in [0.25, 0.3) is 0 Å². The Kier molecular flexibility index (Phi) is 6.66. The molecule has 0 saturated carbocycles. The molecule has 1 saturated heterocycles. The first-order valence-corrected chi connectivity index (χ1v) is 10.0. The topological polar surface area (TPSA) is 86.2 Å². The fourth-order valence-electron chi connectivity index (χ4n) is 2.61. The molecule has 0 radical (unpaired) electrons. The minimum atomic E-state index is -0.520. The Morgan fingerprint density at radius 2 is 1.86 bits per heavy atom. The molecule has 0 aromatic heterocycles. The van der Waals surface area contributed by atoms with Crippen LogP contribution >= 0.6 is 11.8 Å². The number of amides is 2. The van der Waals surface area contributed by atoms with E-state index in [9.17, 15) is 9.59 Å². The fourth-order valence-corrected chi connectivity index (χ4v) is 3.53. The number of carbonyl (C=O) groups excluding carboxylic acids is 2. The van der Waals surface area contributed by atoms with Crippen molar-refractivity contribution in [2.24, 2.45) is 10.2 Å². The van der Waals surface area contributed by atoms with Crippen LogP contribution in [0.3, 0.4) is 0 Å². The summed E-state index contributed by atoms with van der Waals surface area (Å²) in [7, 11) is 3.96. The standard InChI is InChI=1S/C21H23N5O2S/c1-14-4-8-16(9-5-14)23-19(27)12-18-20(28)24-21(29-18)25-22-13-15-6-10-17(11-7-15)26(2)3/h4-11,13,18H,12H2,1-3H3,(H,23,27)(H,24,25,28)/b22-13-. The summed E-state index contributed by atoms with van der Waals surface area (Å²) in [5.74, 6) is -0.453. The molecule has 3 rings (SSSR count). The van der Waals surface area contributed by atoms with Gasteiger partial charge in [-0.3, -0.25) is 9.59 Å². The van der Waals surface area contributed by atoms with Crippen LogP contribution in [0.15, 0.2) is 58.7 Å². The van der Waals surface area contributed by atoms with E-state index < -0.39 is 5.25 Å². The van der Waals surface area contributed by atoms with Crippen molar-refractivity contribution in [2.75, 3.05) is 24.3 Å². The lowest BCUT2D eigenvalue weighted by Gasteiger charge is -2.11. The highest BCUT2D eigenvalue weighted by atomic mass is 32.2. The minimum absolute atomic E-state index is 0.0686. The van der Waals surface area contributed by atoms with Gasteiger partial charge in [0.2, 0.25) is 11.8 Å². The highest BCUT2D eigenvalue weighted by Gasteiger charge is 2.32. The van der Waals surface area contributed by atoms with Crippen LogP contribution in [0.4, 0.5) is 11.4 Å². The number of aryl methyl sites for hydroxylation is 1. The van der Waals surface area contributed by atoms with E-state index in [4.69, 9.17) is 0 Å². The summed E-state index contributed by atoms with van der Waals surface area (Å²) in [6.07, 6.45) is 1.69. The fraction of sp³-hybridized carbons (Fsp3) is 0.238. The van der Waals surface area contributed by atoms with Crippen LogP contribution in [0.25, 0.3) is 0 Å². The van der Waals surface area contributed by atoms with Gasteiger partial charge in [0, 0.05) is 31.9 Å². The molecule has 1 atom stereocenters. The molecule has 2 aromatic rings. The molecule has 150 valence electrons. The van der Waals surface area contributed by atoms with Gasteiger partial charge in [0.05, 0.1) is 6.21 Å². The predicted octanol–water partition coefficient (Wildman–Crippen LogP) is 3.01. The van der Waals surface area contributed by atoms with Crippen LogP contribution in [0, 0.1) is 6.92 Å². The minimum Gasteiger partial charge on any atom is -0.378 e. The Morgan fingerprint density at radius 1 is 1.17 bits per heavy atom. The number of hydrogen-bond donors (Lipinski definition) is 2. The summed E-state index contributed by atoms with van der Waals surface area (Å²) < 4.78 is 0. The number of hydrogen-bond acceptors (Lipinski definition) is 6. The maximum atomic E-state index is 12.2. The van der Waals surface area contributed by atoms with Gasteiger partial charge in [-0.25, -0.2) is 0 Å². The third-order valence-corrected chi connectivity index (χ3v) is 5.32. The monoisotopic (exact) mass is 409 g/mol. The molecular formula is C21H23N5O2S. The maximum Gasteiger partial charge on any atom is 0.240 e. The molecule has 1 unspecified atom stereocenters. The van der Waals surface area contributed by atoms with E-state index in [0.717, 1.165) is 16.8 Å². The smallest absolute Gasteiger partial charge is 0.240 e. The molecule has 0 aliphatic carbocycles. The Balaban J connectivity index is 1.53. The molecule has 8 heteroatoms. The van der Waals surface area contributed by atoms with Gasteiger partial charge in [-0.15, -0.1) is 5.10 Å². The molecule has 1 aliphatic heterocycles. The highest BCUT2D eigenvalue weighted by molar-refractivity contribution is 8.15. The zero-order valence-corrected chi connectivity index (χ0v) is 17.4. The highest BCUT2D eigenvalue weighted by Crippen LogP contribution is 2.23. The van der Waals surface area contributed by atoms with Crippen molar-refractivity contribution in [3.8, 4) is 0 Å². The van der Waals surface area contributed by atoms with Crippen molar-refractivity contribution < 1.29 is 9.59 Å². The molecular weight excluding hydrogens is 386 g/mol. The lowest BCUT2D eigenvalue weighted by atomic mass is 10.2. The molecule has 2 aromatic carbocycles. The molecule has 0 spiro atoms. The zero-order valence-electron chi connectivity index (χ0n) is 16.5. The van der Waals surface area contributed by atoms with Crippen molar-refractivity contribution in [1.29, 1.82) is 0 Å². The average Bonchev–Trinajstić information content (AvgIpc) is 3.03. The van der Waals surface area contributed by atoms with E-state index in [-0.39, 0.29) is 18.2 Å². The van der Waals surface area contributed by atoms with E-state index in [1.165, 1.54) is 11.8 Å². The summed E-state index contributed by atoms with van der Waals surface area (Å²) in [6.45, 7) is 1.98. The number of nitrogens with zero attached hydrogens (tertiary/aromatic N) is 3. The first-order valence-electron chi connectivity index (χ1n) is 9.13. The van der Waals surface area contributed by atoms with Gasteiger partial charge < -0.3 is 15.5 Å². The van der Waals surface area contributed by atoms with Crippen LogP contribution in [0.2, 0.25) is 0 Å². The number of benzene rings is 2. The Morgan fingerprint density at radius 3 is 2.52 bits per heavy atom. The van der Waals surface area contributed by atoms with Gasteiger partial charge in [-0.1, -0.05) is 41.6 Å². The van der Waals surface area contributed by atoms with Gasteiger partial charge >= 0.3 is 0 Å². The lowest BCUT2D eigenvalue weighted by Crippen LogP contribution is -2.28. The second kappa shape index (κ2) is 9.38. The average molecular weight is 410 g/mol. The van der Waals surface area contributed by atoms with E-state index in [1.54, 1.807) is 6.21 Å². The van der Waals surface area contributed by atoms with Crippen molar-refractivity contribution in [3.63, 3.8) is 0 Å². The van der Waals surface area contributed by atoms with Gasteiger partial charge in [-0.2, -0.15) is 5.10 Å². The third kappa shape index (κ3) is 5.92. The predicted molar refractivity (Wildman–Crippen MR) is 120 cm³/mol. The number of rotatable bonds is 6. The second-order valence-corrected chi connectivity index (χ2v) is 8.04. The Hall–Kier alpha value is -3.13. The number of nitrogens with one attached hydrogen (secondary N) is 2. The summed E-state index contributed by atoms with van der Waals surface area (Å²) in [5, 5.41) is 13.4. The maximum absolute atomic E-state index is 12.2. The van der Waals surface area contributed by atoms with E-state index >= 15 is 0 Å². The van der Waals surface area contributed by atoms with Crippen molar-refractivity contribution in [2.45, 2.75) is 18.6 Å². The molecule has 1 fully saturated rings. The number of thioether (sulfide) groups is 1. The van der Waals surface area contributed by atoms with E-state index in [0.29, 0.717) is 10.9 Å². The summed E-state index contributed by atoms with van der Waals surface area (Å²) in [6, 6.07) is 15.4. The second-order valence-electron chi connectivity index (χ2n) is 6.85. The van der Waals surface area contributed by atoms with Crippen molar-refractivity contribution >= 4 is 46.3 Å². The molecule has 1 aliphatic rings. The normalized spacial score (nSPS) is 17.6. The van der Waals surface area contributed by atoms with Gasteiger partial charge in [-0.05, 0) is 36.8 Å². The molecule has 7 nitrogen and oxygen atoms in total. The van der Waals surface area contributed by atoms with Crippen LogP contribution < -0.4 is 15.5 Å². The lowest BCUT2D eigenvalue weighted by molar-refractivity contribution is -0.122. The van der Waals surface area contributed by atoms with E-state index in [2.05, 4.69) is 20.8 Å². The van der Waals surface area contributed by atoms with Crippen molar-refractivity contribution in [3.05, 3.63) is 59.7 Å². The summed E-state index contributed by atoms with van der Waals surface area (Å²) in [5.41, 5.74) is 3.83. The molecule has 0 bridgehead atoms. The largest absolute Gasteiger partial charge is 0.378 e. The first-order chi connectivity index (χ1) is 13.9. The van der Waals surface area contributed by atoms with Gasteiger partial charge in [0.1, 0.15) is 5.25 Å².